The highest BCUT2D eigenvalue weighted by atomic mass is 79.9. The molecule has 0 fully saturated rings. The highest BCUT2D eigenvalue weighted by Crippen LogP contribution is 2.22. The van der Waals surface area contributed by atoms with Gasteiger partial charge in [0.2, 0.25) is 0 Å². The average Bonchev–Trinajstić information content (AvgIpc) is 2.50. The number of nitrogens with zero attached hydrogens (tertiary/aromatic N) is 2. The number of halogens is 1. The second kappa shape index (κ2) is 4.17. The van der Waals surface area contributed by atoms with Crippen LogP contribution in [0.25, 0.3) is 0 Å². The molecular weight excluding hydrogens is 272 g/mol. The van der Waals surface area contributed by atoms with Crippen LogP contribution in [-0.4, -0.2) is 27.9 Å². The van der Waals surface area contributed by atoms with Crippen molar-refractivity contribution in [3.8, 4) is 0 Å². The van der Waals surface area contributed by atoms with E-state index in [0.29, 0.717) is 11.1 Å². The number of carbonyl (C=O) groups excluding carboxylic acids is 2. The average molecular weight is 281 g/mol. The Balaban J connectivity index is 2.35. The van der Waals surface area contributed by atoms with Crippen molar-refractivity contribution in [2.45, 2.75) is 11.8 Å². The summed E-state index contributed by atoms with van der Waals surface area (Å²) in [4.78, 5) is 23.6. The number of fused-ring (bicyclic) bond motifs is 1. The van der Waals surface area contributed by atoms with Crippen molar-refractivity contribution in [3.63, 3.8) is 0 Å². The maximum Gasteiger partial charge on any atom is 0.282 e. The molecule has 16 heavy (non-hydrogen) atoms. The van der Waals surface area contributed by atoms with Gasteiger partial charge in [0.05, 0.1) is 11.1 Å². The van der Waals surface area contributed by atoms with Crippen LogP contribution < -0.4 is 0 Å². The molecule has 1 atom stereocenters. The molecule has 1 unspecified atom stereocenters. The van der Waals surface area contributed by atoms with E-state index in [-0.39, 0.29) is 16.6 Å². The number of alkyl halides is 1. The molecule has 82 valence electrons. The lowest BCUT2D eigenvalue weighted by Gasteiger charge is -2.05. The van der Waals surface area contributed by atoms with Crippen molar-refractivity contribution in [2.24, 2.45) is 5.10 Å². The van der Waals surface area contributed by atoms with Gasteiger partial charge in [-0.25, -0.2) is 0 Å². The third kappa shape index (κ3) is 1.78. The molecule has 1 aliphatic rings. The van der Waals surface area contributed by atoms with E-state index in [9.17, 15) is 9.59 Å². The van der Waals surface area contributed by atoms with Crippen LogP contribution in [0.15, 0.2) is 29.4 Å². The van der Waals surface area contributed by atoms with Crippen LogP contribution in [0, 0.1) is 0 Å². The van der Waals surface area contributed by atoms with Crippen LogP contribution in [0.1, 0.15) is 27.6 Å². The molecule has 2 rings (SSSR count). The first-order valence-electron chi connectivity index (χ1n) is 4.77. The van der Waals surface area contributed by atoms with Gasteiger partial charge in [-0.2, -0.15) is 10.1 Å². The van der Waals surface area contributed by atoms with Crippen molar-refractivity contribution in [1.29, 1.82) is 0 Å². The maximum atomic E-state index is 11.8. The number of amides is 2. The number of hydrogen-bond acceptors (Lipinski definition) is 3. The van der Waals surface area contributed by atoms with E-state index >= 15 is 0 Å². The van der Waals surface area contributed by atoms with Crippen molar-refractivity contribution >= 4 is 34.0 Å². The van der Waals surface area contributed by atoms with E-state index in [1.165, 1.54) is 6.21 Å². The lowest BCUT2D eigenvalue weighted by Crippen LogP contribution is -2.24. The Kier molecular flexibility index (Phi) is 2.87. The molecule has 4 nitrogen and oxygen atoms in total. The summed E-state index contributed by atoms with van der Waals surface area (Å²) in [6, 6.07) is 6.71. The normalized spacial score (nSPS) is 17.0. The Hall–Kier alpha value is -1.49. The van der Waals surface area contributed by atoms with Gasteiger partial charge in [-0.3, -0.25) is 9.59 Å². The van der Waals surface area contributed by atoms with Gasteiger partial charge in [0, 0.05) is 11.0 Å². The summed E-state index contributed by atoms with van der Waals surface area (Å²) in [5.74, 6) is -0.741. The molecule has 2 amide bonds. The van der Waals surface area contributed by atoms with E-state index in [0.717, 1.165) is 5.01 Å². The molecule has 0 spiro atoms. The van der Waals surface area contributed by atoms with E-state index in [1.54, 1.807) is 24.3 Å². The van der Waals surface area contributed by atoms with Gasteiger partial charge in [-0.15, -0.1) is 0 Å². The predicted molar refractivity (Wildman–Crippen MR) is 63.8 cm³/mol. The lowest BCUT2D eigenvalue weighted by atomic mass is 10.1. The first-order valence-corrected chi connectivity index (χ1v) is 5.69. The highest BCUT2D eigenvalue weighted by Gasteiger charge is 2.35. The van der Waals surface area contributed by atoms with Crippen LogP contribution in [0.5, 0.6) is 0 Å². The van der Waals surface area contributed by atoms with Crippen LogP contribution in [0.4, 0.5) is 0 Å². The third-order valence-corrected chi connectivity index (χ3v) is 2.40. The first kappa shape index (κ1) is 11.0. The standard InChI is InChI=1S/C11H9BrN2O2/c1-7(12)6-13-14-10(15)8-4-2-3-5-9(8)11(14)16/h2-7H,1H3/b13-6+. The summed E-state index contributed by atoms with van der Waals surface area (Å²) in [7, 11) is 0. The fourth-order valence-electron chi connectivity index (χ4n) is 1.44. The third-order valence-electron chi connectivity index (χ3n) is 2.16. The molecule has 0 aromatic heterocycles. The molecule has 0 aliphatic carbocycles. The number of hydrazone groups is 1. The molecule has 0 saturated carbocycles. The van der Waals surface area contributed by atoms with Gasteiger partial charge in [-0.1, -0.05) is 28.1 Å². The molecule has 0 N–H and O–H groups in total. The summed E-state index contributed by atoms with van der Waals surface area (Å²) >= 11 is 3.26. The van der Waals surface area contributed by atoms with Gasteiger partial charge in [-0.05, 0) is 19.1 Å². The number of imide groups is 1. The smallest absolute Gasteiger partial charge is 0.267 e. The quantitative estimate of drug-likeness (QED) is 0.473. The zero-order valence-electron chi connectivity index (χ0n) is 8.55. The zero-order valence-corrected chi connectivity index (χ0v) is 10.1. The summed E-state index contributed by atoms with van der Waals surface area (Å²) in [5, 5.41) is 4.75. The minimum Gasteiger partial charge on any atom is -0.267 e. The molecular formula is C11H9BrN2O2. The molecule has 1 heterocycles. The molecule has 0 radical (unpaired) electrons. The number of carbonyl (C=O) groups is 2. The minimum atomic E-state index is -0.370. The lowest BCUT2D eigenvalue weighted by molar-refractivity contribution is 0.0659. The second-order valence-electron chi connectivity index (χ2n) is 3.41. The van der Waals surface area contributed by atoms with Gasteiger partial charge in [0.1, 0.15) is 0 Å². The van der Waals surface area contributed by atoms with Crippen LogP contribution in [0.3, 0.4) is 0 Å². The largest absolute Gasteiger partial charge is 0.282 e. The molecule has 1 aromatic rings. The maximum absolute atomic E-state index is 11.8. The van der Waals surface area contributed by atoms with E-state index in [4.69, 9.17) is 0 Å². The number of benzene rings is 1. The van der Waals surface area contributed by atoms with Crippen LogP contribution in [-0.2, 0) is 0 Å². The minimum absolute atomic E-state index is 0.0109. The summed E-state index contributed by atoms with van der Waals surface area (Å²) < 4.78 is 0. The predicted octanol–water partition coefficient (Wildman–Crippen LogP) is 2.05. The van der Waals surface area contributed by atoms with Crippen molar-refractivity contribution in [3.05, 3.63) is 35.4 Å². The Morgan fingerprint density at radius 3 is 2.19 bits per heavy atom. The number of hydrogen-bond donors (Lipinski definition) is 0. The summed E-state index contributed by atoms with van der Waals surface area (Å²) in [6.07, 6.45) is 1.50. The number of rotatable bonds is 2. The highest BCUT2D eigenvalue weighted by molar-refractivity contribution is 9.09. The molecule has 0 bridgehead atoms. The van der Waals surface area contributed by atoms with Gasteiger partial charge in [0.15, 0.2) is 0 Å². The molecule has 1 aliphatic heterocycles. The topological polar surface area (TPSA) is 49.7 Å². The van der Waals surface area contributed by atoms with Crippen LogP contribution >= 0.6 is 15.9 Å². The van der Waals surface area contributed by atoms with E-state index in [1.807, 2.05) is 6.92 Å². The second-order valence-corrected chi connectivity index (χ2v) is 4.85. The Labute approximate surface area is 101 Å². The summed E-state index contributed by atoms with van der Waals surface area (Å²) in [6.45, 7) is 1.85. The Bertz CT molecular complexity index is 448. The van der Waals surface area contributed by atoms with Crippen molar-refractivity contribution < 1.29 is 9.59 Å². The fourth-order valence-corrected chi connectivity index (χ4v) is 1.55. The van der Waals surface area contributed by atoms with Crippen LogP contribution in [0.2, 0.25) is 0 Å². The van der Waals surface area contributed by atoms with E-state index in [2.05, 4.69) is 21.0 Å². The first-order chi connectivity index (χ1) is 7.61. The SMILES string of the molecule is CC(Br)/C=N/N1C(=O)c2ccccc2C1=O. The zero-order chi connectivity index (χ0) is 11.7. The summed E-state index contributed by atoms with van der Waals surface area (Å²) in [5.41, 5.74) is 0.818. The Morgan fingerprint density at radius 1 is 1.25 bits per heavy atom. The monoisotopic (exact) mass is 280 g/mol. The molecule has 0 saturated heterocycles. The molecule has 1 aromatic carbocycles. The van der Waals surface area contributed by atoms with Gasteiger partial charge < -0.3 is 0 Å². The van der Waals surface area contributed by atoms with Gasteiger partial charge in [0.25, 0.3) is 11.8 Å². The Morgan fingerprint density at radius 2 is 1.75 bits per heavy atom. The van der Waals surface area contributed by atoms with Crippen molar-refractivity contribution in [1.82, 2.24) is 5.01 Å². The molecule has 5 heteroatoms. The fraction of sp³-hybridized carbons (Fsp3) is 0.182. The van der Waals surface area contributed by atoms with E-state index < -0.39 is 0 Å². The van der Waals surface area contributed by atoms with Crippen molar-refractivity contribution in [2.75, 3.05) is 0 Å². The van der Waals surface area contributed by atoms with Gasteiger partial charge >= 0.3 is 0 Å².